The molecule has 0 radical (unpaired) electrons. The Bertz CT molecular complexity index is 974. The third-order valence-electron chi connectivity index (χ3n) is 4.75. The van der Waals surface area contributed by atoms with E-state index in [0.29, 0.717) is 29.4 Å². The minimum atomic E-state index is -3.76. The number of hydrogen-bond acceptors (Lipinski definition) is 3. The van der Waals surface area contributed by atoms with Crippen molar-refractivity contribution in [1.29, 1.82) is 0 Å². The van der Waals surface area contributed by atoms with Gasteiger partial charge in [0, 0.05) is 35.6 Å². The minimum absolute atomic E-state index is 0.0108. The van der Waals surface area contributed by atoms with Crippen molar-refractivity contribution in [3.8, 4) is 0 Å². The van der Waals surface area contributed by atoms with E-state index in [9.17, 15) is 13.2 Å². The van der Waals surface area contributed by atoms with Gasteiger partial charge in [-0.3, -0.25) is 4.79 Å². The third-order valence-corrected chi connectivity index (χ3v) is 7.73. The lowest BCUT2D eigenvalue weighted by Gasteiger charge is -2.30. The van der Waals surface area contributed by atoms with Crippen molar-refractivity contribution in [1.82, 2.24) is 9.62 Å². The molecule has 0 bridgehead atoms. The molecule has 150 valence electrons. The highest BCUT2D eigenvalue weighted by atomic mass is 35.5. The van der Waals surface area contributed by atoms with Gasteiger partial charge in [0.2, 0.25) is 15.9 Å². The normalized spacial score (nSPS) is 16.1. The summed E-state index contributed by atoms with van der Waals surface area (Å²) in [6.07, 6.45) is 0.873. The van der Waals surface area contributed by atoms with Crippen molar-refractivity contribution < 1.29 is 13.2 Å². The largest absolute Gasteiger partial charge is 0.352 e. The maximum Gasteiger partial charge on any atom is 0.244 e. The lowest BCUT2D eigenvalue weighted by Crippen LogP contribution is -2.42. The topological polar surface area (TPSA) is 66.5 Å². The molecule has 0 aromatic heterocycles. The first-order valence-corrected chi connectivity index (χ1v) is 11.3. The van der Waals surface area contributed by atoms with Crippen molar-refractivity contribution in [3.63, 3.8) is 0 Å². The van der Waals surface area contributed by atoms with Crippen LogP contribution in [0.4, 0.5) is 0 Å². The summed E-state index contributed by atoms with van der Waals surface area (Å²) in [5.41, 5.74) is 0.841. The monoisotopic (exact) mass is 460 g/mol. The van der Waals surface area contributed by atoms with Crippen molar-refractivity contribution in [2.45, 2.75) is 24.3 Å². The summed E-state index contributed by atoms with van der Waals surface area (Å²) in [4.78, 5) is 12.4. The molecular weight excluding hydrogens is 443 g/mol. The second-order valence-electron chi connectivity index (χ2n) is 6.56. The third kappa shape index (κ3) is 4.81. The molecule has 0 unspecified atom stereocenters. The second-order valence-corrected chi connectivity index (χ2v) is 9.72. The molecule has 1 aliphatic heterocycles. The average Bonchev–Trinajstić information content (AvgIpc) is 2.69. The first kappa shape index (κ1) is 21.4. The van der Waals surface area contributed by atoms with E-state index < -0.39 is 10.0 Å². The molecule has 0 atom stereocenters. The van der Waals surface area contributed by atoms with Crippen molar-refractivity contribution in [2.24, 2.45) is 5.92 Å². The van der Waals surface area contributed by atoms with Gasteiger partial charge in [0.25, 0.3) is 0 Å². The number of sulfonamides is 1. The molecule has 0 aliphatic carbocycles. The average molecular weight is 462 g/mol. The van der Waals surface area contributed by atoms with Crippen LogP contribution in [0.3, 0.4) is 0 Å². The van der Waals surface area contributed by atoms with E-state index in [1.165, 1.54) is 16.4 Å². The summed E-state index contributed by atoms with van der Waals surface area (Å²) in [6, 6.07) is 11.7. The molecule has 2 aromatic rings. The summed E-state index contributed by atoms with van der Waals surface area (Å²) >= 11 is 18.1. The van der Waals surface area contributed by atoms with E-state index in [4.69, 9.17) is 34.8 Å². The van der Waals surface area contributed by atoms with Crippen LogP contribution in [0.2, 0.25) is 15.1 Å². The van der Waals surface area contributed by atoms with Gasteiger partial charge in [-0.1, -0.05) is 53.0 Å². The Balaban J connectivity index is 1.60. The van der Waals surface area contributed by atoms with Gasteiger partial charge >= 0.3 is 0 Å². The number of nitrogens with zero attached hydrogens (tertiary/aromatic N) is 1. The second kappa shape index (κ2) is 9.01. The van der Waals surface area contributed by atoms with Crippen LogP contribution in [0.5, 0.6) is 0 Å². The van der Waals surface area contributed by atoms with Crippen LogP contribution >= 0.6 is 34.8 Å². The number of benzene rings is 2. The highest BCUT2D eigenvalue weighted by Gasteiger charge is 2.33. The van der Waals surface area contributed by atoms with Gasteiger partial charge < -0.3 is 5.32 Å². The van der Waals surface area contributed by atoms with Crippen LogP contribution in [0.15, 0.2) is 47.4 Å². The molecule has 0 spiro atoms. The van der Waals surface area contributed by atoms with E-state index >= 15 is 0 Å². The Kier molecular flexibility index (Phi) is 6.89. The van der Waals surface area contributed by atoms with Gasteiger partial charge in [-0.15, -0.1) is 0 Å². The lowest BCUT2D eigenvalue weighted by molar-refractivity contribution is -0.126. The molecule has 3 rings (SSSR count). The minimum Gasteiger partial charge on any atom is -0.352 e. The molecule has 1 heterocycles. The van der Waals surface area contributed by atoms with E-state index in [-0.39, 0.29) is 34.8 Å². The molecule has 0 saturated carbocycles. The van der Waals surface area contributed by atoms with Crippen molar-refractivity contribution in [2.75, 3.05) is 13.1 Å². The summed E-state index contributed by atoms with van der Waals surface area (Å²) < 4.78 is 27.1. The van der Waals surface area contributed by atoms with Gasteiger partial charge in [-0.2, -0.15) is 4.31 Å². The number of carbonyl (C=O) groups excluding carboxylic acids is 1. The number of amides is 1. The maximum absolute atomic E-state index is 12.9. The molecule has 2 aromatic carbocycles. The maximum atomic E-state index is 12.9. The number of hydrogen-bond donors (Lipinski definition) is 1. The summed E-state index contributed by atoms with van der Waals surface area (Å²) in [6.45, 7) is 0.833. The van der Waals surface area contributed by atoms with Crippen LogP contribution in [0.25, 0.3) is 0 Å². The van der Waals surface area contributed by atoms with E-state index in [1.54, 1.807) is 12.1 Å². The van der Waals surface area contributed by atoms with Crippen molar-refractivity contribution >= 4 is 50.7 Å². The first-order valence-electron chi connectivity index (χ1n) is 8.75. The van der Waals surface area contributed by atoms with Gasteiger partial charge in [0.1, 0.15) is 4.90 Å². The number of nitrogens with one attached hydrogen (secondary N) is 1. The van der Waals surface area contributed by atoms with Crippen LogP contribution in [-0.4, -0.2) is 31.7 Å². The molecule has 5 nitrogen and oxygen atoms in total. The number of carbonyl (C=O) groups is 1. The Morgan fingerprint density at radius 1 is 1.04 bits per heavy atom. The highest BCUT2D eigenvalue weighted by molar-refractivity contribution is 7.89. The van der Waals surface area contributed by atoms with Crippen LogP contribution in [-0.2, 0) is 21.4 Å². The van der Waals surface area contributed by atoms with Crippen LogP contribution < -0.4 is 5.32 Å². The van der Waals surface area contributed by atoms with Crippen LogP contribution in [0.1, 0.15) is 18.4 Å². The van der Waals surface area contributed by atoms with Gasteiger partial charge in [-0.25, -0.2) is 8.42 Å². The molecule has 1 fully saturated rings. The fourth-order valence-electron chi connectivity index (χ4n) is 3.14. The zero-order valence-electron chi connectivity index (χ0n) is 14.9. The number of halogens is 3. The predicted molar refractivity (Wildman–Crippen MR) is 111 cm³/mol. The standard InChI is InChI=1S/C19H19Cl3N2O3S/c20-15-5-6-17(22)18(11-15)28(26,27)24-9-7-13(8-10-24)19(25)23-12-14-3-1-2-4-16(14)21/h1-6,11,13H,7-10,12H2,(H,23,25). The first-order chi connectivity index (χ1) is 13.3. The van der Waals surface area contributed by atoms with E-state index in [2.05, 4.69) is 5.32 Å². The van der Waals surface area contributed by atoms with Crippen LogP contribution in [0, 0.1) is 5.92 Å². The zero-order chi connectivity index (χ0) is 20.3. The SMILES string of the molecule is O=C(NCc1ccccc1Cl)C1CCN(S(=O)(=O)c2cc(Cl)ccc2Cl)CC1. The Labute approximate surface area is 179 Å². The summed E-state index contributed by atoms with van der Waals surface area (Å²) in [5, 5.41) is 3.91. The highest BCUT2D eigenvalue weighted by Crippen LogP contribution is 2.30. The molecule has 1 N–H and O–H groups in total. The molecular formula is C19H19Cl3N2O3S. The number of rotatable bonds is 5. The molecule has 9 heteroatoms. The quantitative estimate of drug-likeness (QED) is 0.719. The predicted octanol–water partition coefficient (Wildman–Crippen LogP) is 4.36. The smallest absolute Gasteiger partial charge is 0.244 e. The van der Waals surface area contributed by atoms with Gasteiger partial charge in [0.15, 0.2) is 0 Å². The van der Waals surface area contributed by atoms with E-state index in [1.807, 2.05) is 18.2 Å². The molecule has 28 heavy (non-hydrogen) atoms. The van der Waals surface area contributed by atoms with Crippen molar-refractivity contribution in [3.05, 3.63) is 63.1 Å². The lowest BCUT2D eigenvalue weighted by atomic mass is 9.97. The molecule has 1 aliphatic rings. The Morgan fingerprint density at radius 2 is 1.71 bits per heavy atom. The Morgan fingerprint density at radius 3 is 2.39 bits per heavy atom. The van der Waals surface area contributed by atoms with E-state index in [0.717, 1.165) is 5.56 Å². The fraction of sp³-hybridized carbons (Fsp3) is 0.316. The summed E-state index contributed by atoms with van der Waals surface area (Å²) in [5.74, 6) is -0.346. The number of piperidine rings is 1. The zero-order valence-corrected chi connectivity index (χ0v) is 18.0. The van der Waals surface area contributed by atoms with Gasteiger partial charge in [-0.05, 0) is 42.7 Å². The van der Waals surface area contributed by atoms with Gasteiger partial charge in [0.05, 0.1) is 5.02 Å². The molecule has 1 amide bonds. The molecule has 1 saturated heterocycles. The fourth-order valence-corrected chi connectivity index (χ4v) is 5.55. The summed E-state index contributed by atoms with van der Waals surface area (Å²) in [7, 11) is -3.76. The Hall–Kier alpha value is -1.31.